The normalized spacial score (nSPS) is 15.7. The zero-order chi connectivity index (χ0) is 27.4. The van der Waals surface area contributed by atoms with Gasteiger partial charge in [-0.05, 0) is 73.9 Å². The lowest BCUT2D eigenvalue weighted by molar-refractivity contribution is -0.127. The van der Waals surface area contributed by atoms with Crippen LogP contribution in [-0.2, 0) is 20.9 Å². The SMILES string of the molecule is Cc1ccc(N(C(=O)Cn2nnc(-c3ccc(C)o3)n2)[C@H](C(=O)NC[C@H]2CCCO2)c2ccc(F)cc2)cc1. The molecule has 202 valence electrons. The third kappa shape index (κ3) is 6.20. The second-order valence-electron chi connectivity index (χ2n) is 9.49. The molecule has 1 aliphatic heterocycles. The molecule has 3 heterocycles. The minimum Gasteiger partial charge on any atom is -0.458 e. The minimum atomic E-state index is -1.09. The molecule has 0 bridgehead atoms. The van der Waals surface area contributed by atoms with Crippen molar-refractivity contribution in [1.82, 2.24) is 25.5 Å². The zero-order valence-electron chi connectivity index (χ0n) is 21.7. The monoisotopic (exact) mass is 532 g/mol. The fraction of sp³-hybridized carbons (Fsp3) is 0.321. The van der Waals surface area contributed by atoms with E-state index >= 15 is 0 Å². The van der Waals surface area contributed by atoms with Crippen molar-refractivity contribution in [2.45, 2.75) is 45.4 Å². The predicted molar refractivity (Wildman–Crippen MR) is 140 cm³/mol. The number of halogens is 1. The Morgan fingerprint density at radius 2 is 1.87 bits per heavy atom. The van der Waals surface area contributed by atoms with Gasteiger partial charge in [0.2, 0.25) is 11.7 Å². The van der Waals surface area contributed by atoms with Crippen LogP contribution in [0.15, 0.2) is 65.1 Å². The first-order valence-electron chi connectivity index (χ1n) is 12.8. The number of amides is 2. The van der Waals surface area contributed by atoms with Crippen LogP contribution in [0.25, 0.3) is 11.6 Å². The number of aryl methyl sites for hydroxylation is 2. The van der Waals surface area contributed by atoms with Crippen LogP contribution in [-0.4, -0.2) is 51.3 Å². The summed E-state index contributed by atoms with van der Waals surface area (Å²) in [6, 6.07) is 15.2. The van der Waals surface area contributed by atoms with Crippen molar-refractivity contribution in [3.63, 3.8) is 0 Å². The molecular formula is C28H29FN6O4. The number of hydrogen-bond acceptors (Lipinski definition) is 7. The Hall–Kier alpha value is -4.38. The van der Waals surface area contributed by atoms with E-state index in [4.69, 9.17) is 9.15 Å². The number of nitrogens with one attached hydrogen (secondary N) is 1. The van der Waals surface area contributed by atoms with Crippen molar-refractivity contribution in [2.75, 3.05) is 18.1 Å². The van der Waals surface area contributed by atoms with Gasteiger partial charge in [-0.1, -0.05) is 29.8 Å². The van der Waals surface area contributed by atoms with Crippen LogP contribution >= 0.6 is 0 Å². The first-order valence-corrected chi connectivity index (χ1v) is 12.8. The number of ether oxygens (including phenoxy) is 1. The van der Waals surface area contributed by atoms with Gasteiger partial charge in [0.05, 0.1) is 6.10 Å². The number of furan rings is 1. The quantitative estimate of drug-likeness (QED) is 0.349. The third-order valence-electron chi connectivity index (χ3n) is 6.49. The summed E-state index contributed by atoms with van der Waals surface area (Å²) in [7, 11) is 0. The Balaban J connectivity index is 1.47. The standard InChI is InChI=1S/C28H29FN6O4/c1-18-5-12-22(13-6-18)35(25(36)17-34-32-27(31-33-34)24-14-7-19(2)39-24)26(20-8-10-21(29)11-9-20)28(37)30-16-23-4-3-15-38-23/h5-14,23,26H,3-4,15-17H2,1-2H3,(H,30,37)/t23-,26+/m1/s1. The lowest BCUT2D eigenvalue weighted by Gasteiger charge is -2.31. The van der Waals surface area contributed by atoms with Crippen LogP contribution in [0.4, 0.5) is 10.1 Å². The number of nitrogens with zero attached hydrogens (tertiary/aromatic N) is 5. The maximum absolute atomic E-state index is 13.9. The molecular weight excluding hydrogens is 503 g/mol. The van der Waals surface area contributed by atoms with Crippen molar-refractivity contribution < 1.29 is 23.1 Å². The topological polar surface area (TPSA) is 115 Å². The molecule has 2 aromatic heterocycles. The molecule has 0 radical (unpaired) electrons. The van der Waals surface area contributed by atoms with Gasteiger partial charge in [0.1, 0.15) is 24.2 Å². The molecule has 4 aromatic rings. The van der Waals surface area contributed by atoms with Crippen molar-refractivity contribution >= 4 is 17.5 Å². The van der Waals surface area contributed by atoms with E-state index in [9.17, 15) is 14.0 Å². The molecule has 5 rings (SSSR count). The molecule has 2 amide bonds. The summed E-state index contributed by atoms with van der Waals surface area (Å²) in [5.41, 5.74) is 1.94. The van der Waals surface area contributed by atoms with Gasteiger partial charge >= 0.3 is 0 Å². The molecule has 39 heavy (non-hydrogen) atoms. The lowest BCUT2D eigenvalue weighted by atomic mass is 10.0. The van der Waals surface area contributed by atoms with Gasteiger partial charge in [-0.25, -0.2) is 4.39 Å². The number of tetrazole rings is 1. The van der Waals surface area contributed by atoms with Gasteiger partial charge in [0.25, 0.3) is 5.91 Å². The lowest BCUT2D eigenvalue weighted by Crippen LogP contribution is -2.46. The van der Waals surface area contributed by atoms with Crippen LogP contribution in [0.3, 0.4) is 0 Å². The molecule has 0 saturated carbocycles. The second kappa shape index (κ2) is 11.6. The van der Waals surface area contributed by atoms with Crippen LogP contribution in [0.5, 0.6) is 0 Å². The highest BCUT2D eigenvalue weighted by Crippen LogP contribution is 2.29. The molecule has 1 fully saturated rings. The maximum Gasteiger partial charge on any atom is 0.251 e. The van der Waals surface area contributed by atoms with E-state index in [0.717, 1.165) is 23.2 Å². The molecule has 0 spiro atoms. The Morgan fingerprint density at radius 3 is 2.54 bits per heavy atom. The van der Waals surface area contributed by atoms with E-state index in [1.54, 1.807) is 31.2 Å². The first-order chi connectivity index (χ1) is 18.9. The average molecular weight is 533 g/mol. The molecule has 10 nitrogen and oxygen atoms in total. The molecule has 0 aliphatic carbocycles. The molecule has 1 N–H and O–H groups in total. The minimum absolute atomic E-state index is 0.0886. The molecule has 2 atom stereocenters. The van der Waals surface area contributed by atoms with E-state index in [1.165, 1.54) is 29.2 Å². The largest absolute Gasteiger partial charge is 0.458 e. The van der Waals surface area contributed by atoms with Gasteiger partial charge in [-0.3, -0.25) is 14.5 Å². The highest BCUT2D eigenvalue weighted by molar-refractivity contribution is 6.01. The Bertz CT molecular complexity index is 1430. The zero-order valence-corrected chi connectivity index (χ0v) is 21.7. The summed E-state index contributed by atoms with van der Waals surface area (Å²) >= 11 is 0. The number of carbonyl (C=O) groups is 2. The molecule has 1 saturated heterocycles. The molecule has 11 heteroatoms. The number of hydrogen-bond donors (Lipinski definition) is 1. The van der Waals surface area contributed by atoms with E-state index in [1.807, 2.05) is 19.1 Å². The second-order valence-corrected chi connectivity index (χ2v) is 9.49. The summed E-state index contributed by atoms with van der Waals surface area (Å²) in [6.07, 6.45) is 1.69. The van der Waals surface area contributed by atoms with Gasteiger partial charge < -0.3 is 14.5 Å². The van der Waals surface area contributed by atoms with E-state index in [0.29, 0.717) is 35.9 Å². The molecule has 0 unspecified atom stereocenters. The summed E-state index contributed by atoms with van der Waals surface area (Å²) in [5.74, 6) is 0.0444. The first kappa shape index (κ1) is 26.2. The number of carbonyl (C=O) groups excluding carboxylic acids is 2. The van der Waals surface area contributed by atoms with Crippen molar-refractivity contribution in [2.24, 2.45) is 0 Å². The fourth-order valence-electron chi connectivity index (χ4n) is 4.48. The van der Waals surface area contributed by atoms with Crippen molar-refractivity contribution in [1.29, 1.82) is 0 Å². The van der Waals surface area contributed by atoms with Crippen LogP contribution < -0.4 is 10.2 Å². The Morgan fingerprint density at radius 1 is 1.10 bits per heavy atom. The number of benzene rings is 2. The fourth-order valence-corrected chi connectivity index (χ4v) is 4.48. The van der Waals surface area contributed by atoms with Crippen molar-refractivity contribution in [3.8, 4) is 11.6 Å². The summed E-state index contributed by atoms with van der Waals surface area (Å²) in [5, 5.41) is 15.2. The highest BCUT2D eigenvalue weighted by Gasteiger charge is 2.34. The number of anilines is 1. The van der Waals surface area contributed by atoms with Gasteiger partial charge in [0, 0.05) is 18.8 Å². The Kier molecular flexibility index (Phi) is 7.78. The number of rotatable bonds is 9. The maximum atomic E-state index is 13.9. The summed E-state index contributed by atoms with van der Waals surface area (Å²) in [4.78, 5) is 30.1. The molecule has 2 aromatic carbocycles. The average Bonchev–Trinajstić information content (AvgIpc) is 3.70. The highest BCUT2D eigenvalue weighted by atomic mass is 19.1. The third-order valence-corrected chi connectivity index (χ3v) is 6.49. The predicted octanol–water partition coefficient (Wildman–Crippen LogP) is 3.76. The van der Waals surface area contributed by atoms with Gasteiger partial charge in [0.15, 0.2) is 5.76 Å². The van der Waals surface area contributed by atoms with Crippen molar-refractivity contribution in [3.05, 3.63) is 83.4 Å². The van der Waals surface area contributed by atoms with E-state index in [-0.39, 0.29) is 18.5 Å². The van der Waals surface area contributed by atoms with Crippen LogP contribution in [0.1, 0.15) is 35.8 Å². The number of aromatic nitrogens is 4. The summed E-state index contributed by atoms with van der Waals surface area (Å²) in [6.45, 7) is 4.40. The van der Waals surface area contributed by atoms with Crippen LogP contribution in [0.2, 0.25) is 0 Å². The van der Waals surface area contributed by atoms with Gasteiger partial charge in [-0.2, -0.15) is 4.80 Å². The van der Waals surface area contributed by atoms with E-state index in [2.05, 4.69) is 20.7 Å². The van der Waals surface area contributed by atoms with Gasteiger partial charge in [-0.15, -0.1) is 10.2 Å². The Labute approximate surface area is 224 Å². The summed E-state index contributed by atoms with van der Waals surface area (Å²) < 4.78 is 25.0. The molecule has 1 aliphatic rings. The smallest absolute Gasteiger partial charge is 0.251 e. The van der Waals surface area contributed by atoms with E-state index < -0.39 is 23.7 Å². The van der Waals surface area contributed by atoms with Crippen LogP contribution in [0, 0.1) is 19.7 Å².